The number of thioether (sulfide) groups is 1. The van der Waals surface area contributed by atoms with Crippen molar-refractivity contribution in [3.05, 3.63) is 47.9 Å². The summed E-state index contributed by atoms with van der Waals surface area (Å²) in [6, 6.07) is 11.8. The van der Waals surface area contributed by atoms with Crippen molar-refractivity contribution in [2.45, 2.75) is 23.8 Å². The average Bonchev–Trinajstić information content (AvgIpc) is 3.35. The smallest absolute Gasteiger partial charge is 0.191 e. The second-order valence-electron chi connectivity index (χ2n) is 6.77. The van der Waals surface area contributed by atoms with E-state index in [4.69, 9.17) is 4.52 Å². The van der Waals surface area contributed by atoms with Crippen LogP contribution >= 0.6 is 11.8 Å². The lowest BCUT2D eigenvalue weighted by Crippen LogP contribution is -2.11. The van der Waals surface area contributed by atoms with Crippen LogP contribution < -0.4 is 0 Å². The molecular formula is C18H20N4O3S2. The van der Waals surface area contributed by atoms with Crippen LogP contribution in [0.2, 0.25) is 0 Å². The molecule has 3 heterocycles. The number of benzene rings is 1. The summed E-state index contributed by atoms with van der Waals surface area (Å²) in [4.78, 5) is 0. The summed E-state index contributed by atoms with van der Waals surface area (Å²) in [6.07, 6.45) is 1.35. The van der Waals surface area contributed by atoms with E-state index < -0.39 is 9.84 Å². The molecule has 0 amide bonds. The predicted molar refractivity (Wildman–Crippen MR) is 103 cm³/mol. The van der Waals surface area contributed by atoms with Crippen molar-refractivity contribution in [1.29, 1.82) is 0 Å². The van der Waals surface area contributed by atoms with Gasteiger partial charge in [-0.25, -0.2) is 8.42 Å². The van der Waals surface area contributed by atoms with Crippen molar-refractivity contribution in [2.24, 2.45) is 13.0 Å². The molecule has 142 valence electrons. The molecule has 0 aliphatic carbocycles. The highest BCUT2D eigenvalue weighted by atomic mass is 32.2. The van der Waals surface area contributed by atoms with Gasteiger partial charge in [0.2, 0.25) is 0 Å². The van der Waals surface area contributed by atoms with Gasteiger partial charge in [0.05, 0.1) is 17.2 Å². The van der Waals surface area contributed by atoms with Gasteiger partial charge in [-0.2, -0.15) is 0 Å². The fraction of sp³-hybridized carbons (Fsp3) is 0.389. The molecule has 7 nitrogen and oxygen atoms in total. The first-order chi connectivity index (χ1) is 13.0. The molecule has 9 heteroatoms. The van der Waals surface area contributed by atoms with Crippen LogP contribution in [0.25, 0.3) is 11.3 Å². The third-order valence-electron chi connectivity index (χ3n) is 4.69. The summed E-state index contributed by atoms with van der Waals surface area (Å²) in [5.41, 5.74) is 1.83. The Balaban J connectivity index is 1.38. The Bertz CT molecular complexity index is 1030. The molecule has 1 fully saturated rings. The van der Waals surface area contributed by atoms with Gasteiger partial charge in [0.25, 0.3) is 0 Å². The summed E-state index contributed by atoms with van der Waals surface area (Å²) >= 11 is 1.54. The highest BCUT2D eigenvalue weighted by Crippen LogP contribution is 2.26. The normalized spacial score (nSPS) is 18.8. The number of sulfone groups is 1. The molecule has 3 aromatic rings. The zero-order valence-corrected chi connectivity index (χ0v) is 16.5. The third kappa shape index (κ3) is 4.24. The van der Waals surface area contributed by atoms with E-state index in [-0.39, 0.29) is 17.4 Å². The Labute approximate surface area is 162 Å². The van der Waals surface area contributed by atoms with E-state index in [0.29, 0.717) is 18.6 Å². The van der Waals surface area contributed by atoms with Gasteiger partial charge in [0.1, 0.15) is 5.82 Å². The quantitative estimate of drug-likeness (QED) is 0.583. The number of nitrogens with zero attached hydrogens (tertiary/aromatic N) is 4. The maximum Gasteiger partial charge on any atom is 0.191 e. The molecule has 4 rings (SSSR count). The molecule has 2 aromatic heterocycles. The van der Waals surface area contributed by atoms with Gasteiger partial charge in [0, 0.05) is 30.9 Å². The van der Waals surface area contributed by atoms with E-state index in [1.807, 2.05) is 48.0 Å². The highest BCUT2D eigenvalue weighted by Gasteiger charge is 2.29. The minimum Gasteiger partial charge on any atom is -0.356 e. The van der Waals surface area contributed by atoms with Crippen molar-refractivity contribution in [2.75, 3.05) is 11.5 Å². The van der Waals surface area contributed by atoms with Gasteiger partial charge >= 0.3 is 0 Å². The van der Waals surface area contributed by atoms with Crippen molar-refractivity contribution < 1.29 is 12.9 Å². The highest BCUT2D eigenvalue weighted by molar-refractivity contribution is 7.98. The van der Waals surface area contributed by atoms with Crippen molar-refractivity contribution in [3.8, 4) is 11.3 Å². The number of hydrogen-bond donors (Lipinski definition) is 0. The van der Waals surface area contributed by atoms with E-state index >= 15 is 0 Å². The minimum absolute atomic E-state index is 0.139. The monoisotopic (exact) mass is 404 g/mol. The molecule has 27 heavy (non-hydrogen) atoms. The molecule has 1 aliphatic heterocycles. The van der Waals surface area contributed by atoms with E-state index in [2.05, 4.69) is 15.4 Å². The van der Waals surface area contributed by atoms with Gasteiger partial charge in [-0.15, -0.1) is 10.2 Å². The minimum atomic E-state index is -2.87. The summed E-state index contributed by atoms with van der Waals surface area (Å²) in [5, 5.41) is 13.4. The number of hydrogen-bond acceptors (Lipinski definition) is 7. The van der Waals surface area contributed by atoms with Gasteiger partial charge in [-0.05, 0) is 12.3 Å². The third-order valence-corrected chi connectivity index (χ3v) is 7.58. The fourth-order valence-corrected chi connectivity index (χ4v) is 5.87. The van der Waals surface area contributed by atoms with Gasteiger partial charge in [0.15, 0.2) is 20.8 Å². The molecule has 0 spiro atoms. The maximum absolute atomic E-state index is 11.6. The predicted octanol–water partition coefficient (Wildman–Crippen LogP) is 2.74. The van der Waals surface area contributed by atoms with Crippen LogP contribution in [0.5, 0.6) is 0 Å². The van der Waals surface area contributed by atoms with Gasteiger partial charge in [-0.1, -0.05) is 47.3 Å². The lowest BCUT2D eigenvalue weighted by molar-refractivity contribution is 0.426. The second kappa shape index (κ2) is 7.47. The standard InChI is InChI=1S/C18H20N4O3S2/c1-22-17(9-13-7-8-27(23,24)12-13)19-20-18(22)26-11-15-10-16(25-21-15)14-5-3-2-4-6-14/h2-6,10,13H,7-9,11-12H2,1H3/t13-/m0/s1. The van der Waals surface area contributed by atoms with Crippen molar-refractivity contribution in [1.82, 2.24) is 19.9 Å². The zero-order chi connectivity index (χ0) is 18.9. The zero-order valence-electron chi connectivity index (χ0n) is 14.9. The number of aromatic nitrogens is 4. The summed E-state index contributed by atoms with van der Waals surface area (Å²) in [6.45, 7) is 0. The van der Waals surface area contributed by atoms with Gasteiger partial charge in [-0.3, -0.25) is 0 Å². The molecule has 1 aliphatic rings. The van der Waals surface area contributed by atoms with Crippen LogP contribution in [0.4, 0.5) is 0 Å². The molecule has 1 aromatic carbocycles. The first-order valence-electron chi connectivity index (χ1n) is 8.73. The number of rotatable bonds is 6. The average molecular weight is 405 g/mol. The van der Waals surface area contributed by atoms with Crippen LogP contribution in [0, 0.1) is 5.92 Å². The molecular weight excluding hydrogens is 384 g/mol. The van der Waals surface area contributed by atoms with E-state index in [1.165, 1.54) is 11.8 Å². The van der Waals surface area contributed by atoms with Crippen LogP contribution in [-0.2, 0) is 29.1 Å². The Morgan fingerprint density at radius 2 is 2.07 bits per heavy atom. The molecule has 0 bridgehead atoms. The lowest BCUT2D eigenvalue weighted by atomic mass is 10.1. The summed E-state index contributed by atoms with van der Waals surface area (Å²) < 4.78 is 30.6. The summed E-state index contributed by atoms with van der Waals surface area (Å²) in [7, 11) is -0.954. The summed E-state index contributed by atoms with van der Waals surface area (Å²) in [5.74, 6) is 2.87. The molecule has 0 saturated carbocycles. The Morgan fingerprint density at radius 1 is 1.26 bits per heavy atom. The van der Waals surface area contributed by atoms with Crippen molar-refractivity contribution in [3.63, 3.8) is 0 Å². The molecule has 0 radical (unpaired) electrons. The molecule has 1 saturated heterocycles. The van der Waals surface area contributed by atoms with E-state index in [0.717, 1.165) is 28.0 Å². The first-order valence-corrected chi connectivity index (χ1v) is 11.5. The van der Waals surface area contributed by atoms with E-state index in [1.54, 1.807) is 0 Å². The van der Waals surface area contributed by atoms with Crippen LogP contribution in [0.1, 0.15) is 17.9 Å². The van der Waals surface area contributed by atoms with Crippen LogP contribution in [0.3, 0.4) is 0 Å². The maximum atomic E-state index is 11.6. The topological polar surface area (TPSA) is 90.9 Å². The molecule has 0 N–H and O–H groups in total. The van der Waals surface area contributed by atoms with Crippen LogP contribution in [0.15, 0.2) is 46.1 Å². The molecule has 0 unspecified atom stereocenters. The Morgan fingerprint density at radius 3 is 2.81 bits per heavy atom. The van der Waals surface area contributed by atoms with Gasteiger partial charge < -0.3 is 9.09 Å². The Kier molecular flexibility index (Phi) is 5.05. The van der Waals surface area contributed by atoms with E-state index in [9.17, 15) is 8.42 Å². The van der Waals surface area contributed by atoms with Crippen LogP contribution in [-0.4, -0.2) is 39.8 Å². The van der Waals surface area contributed by atoms with Crippen molar-refractivity contribution >= 4 is 21.6 Å². The molecule has 1 atom stereocenters. The lowest BCUT2D eigenvalue weighted by Gasteiger charge is -2.07. The Hall–Kier alpha value is -2.13. The SMILES string of the molecule is Cn1c(C[C@@H]2CCS(=O)(=O)C2)nnc1SCc1cc(-c2ccccc2)on1. The second-order valence-corrected chi connectivity index (χ2v) is 9.94. The first kappa shape index (κ1) is 18.2. The largest absolute Gasteiger partial charge is 0.356 e. The fourth-order valence-electron chi connectivity index (χ4n) is 3.20.